The van der Waals surface area contributed by atoms with Crippen molar-refractivity contribution in [2.75, 3.05) is 26.2 Å². The molecule has 6 nitrogen and oxygen atoms in total. The fraction of sp³-hybridized carbons (Fsp3) is 0.722. The molecule has 2 N–H and O–H groups in total. The van der Waals surface area contributed by atoms with Crippen molar-refractivity contribution in [3.63, 3.8) is 0 Å². The van der Waals surface area contributed by atoms with E-state index in [2.05, 4.69) is 41.4 Å². The summed E-state index contributed by atoms with van der Waals surface area (Å²) in [7, 11) is 0. The number of hydrogen-bond acceptors (Lipinski definition) is 4. The minimum Gasteiger partial charge on any atom is -0.357 e. The number of hydrogen-bond donors (Lipinski definition) is 2. The molecule has 1 atom stereocenters. The summed E-state index contributed by atoms with van der Waals surface area (Å²) in [5, 5.41) is 7.81. The third-order valence-electron chi connectivity index (χ3n) is 4.40. The summed E-state index contributed by atoms with van der Waals surface area (Å²) in [6.45, 7) is 9.60. The van der Waals surface area contributed by atoms with Crippen LogP contribution in [0.1, 0.15) is 49.4 Å². The number of rotatable bonds is 9. The van der Waals surface area contributed by atoms with Crippen molar-refractivity contribution < 1.29 is 4.79 Å². The van der Waals surface area contributed by atoms with Crippen molar-refractivity contribution in [1.29, 1.82) is 0 Å². The molecular weight excluding hydrogens is 334 g/mol. The number of aliphatic imine (C=N–C) groups is 1. The maximum atomic E-state index is 11.9. The van der Waals surface area contributed by atoms with Gasteiger partial charge in [-0.25, -0.2) is 4.98 Å². The molecule has 0 saturated carbocycles. The molecule has 140 valence electrons. The molecule has 0 aliphatic carbocycles. The number of carbonyl (C=O) groups is 1. The lowest BCUT2D eigenvalue weighted by atomic mass is 10.1. The van der Waals surface area contributed by atoms with Gasteiger partial charge in [0.15, 0.2) is 5.96 Å². The lowest BCUT2D eigenvalue weighted by Crippen LogP contribution is -2.39. The van der Waals surface area contributed by atoms with Crippen LogP contribution in [0.25, 0.3) is 0 Å². The lowest BCUT2D eigenvalue weighted by molar-refractivity contribution is -0.129. The number of guanidine groups is 1. The summed E-state index contributed by atoms with van der Waals surface area (Å²) in [4.78, 5) is 24.3. The fourth-order valence-electron chi connectivity index (χ4n) is 3.11. The van der Waals surface area contributed by atoms with E-state index in [1.807, 2.05) is 11.1 Å². The van der Waals surface area contributed by atoms with E-state index in [1.165, 1.54) is 4.88 Å². The van der Waals surface area contributed by atoms with Gasteiger partial charge in [0, 0.05) is 56.1 Å². The summed E-state index contributed by atoms with van der Waals surface area (Å²) in [6, 6.07) is 0.319. The predicted molar refractivity (Wildman–Crippen MR) is 104 cm³/mol. The maximum Gasteiger partial charge on any atom is 0.222 e. The van der Waals surface area contributed by atoms with Gasteiger partial charge in [0.25, 0.3) is 0 Å². The van der Waals surface area contributed by atoms with Crippen LogP contribution in [0.3, 0.4) is 0 Å². The monoisotopic (exact) mass is 365 g/mol. The van der Waals surface area contributed by atoms with Crippen LogP contribution in [0.15, 0.2) is 11.2 Å². The van der Waals surface area contributed by atoms with E-state index < -0.39 is 0 Å². The van der Waals surface area contributed by atoms with Gasteiger partial charge in [0.05, 0.1) is 5.01 Å². The van der Waals surface area contributed by atoms with Gasteiger partial charge in [-0.15, -0.1) is 11.3 Å². The van der Waals surface area contributed by atoms with E-state index in [-0.39, 0.29) is 0 Å². The van der Waals surface area contributed by atoms with Crippen LogP contribution in [0.5, 0.6) is 0 Å². The summed E-state index contributed by atoms with van der Waals surface area (Å²) in [5.41, 5.74) is 0. The number of thiazole rings is 1. The summed E-state index contributed by atoms with van der Waals surface area (Å²) in [5.74, 6) is 1.15. The Labute approximate surface area is 155 Å². The van der Waals surface area contributed by atoms with E-state index >= 15 is 0 Å². The maximum absolute atomic E-state index is 11.9. The third-order valence-corrected chi connectivity index (χ3v) is 5.37. The van der Waals surface area contributed by atoms with Crippen LogP contribution in [-0.2, 0) is 11.2 Å². The second-order valence-corrected chi connectivity index (χ2v) is 7.66. The average molecular weight is 366 g/mol. The largest absolute Gasteiger partial charge is 0.357 e. The molecule has 2 heterocycles. The Bertz CT molecular complexity index is 572. The van der Waals surface area contributed by atoms with Crippen molar-refractivity contribution in [2.24, 2.45) is 4.99 Å². The molecule has 25 heavy (non-hydrogen) atoms. The summed E-state index contributed by atoms with van der Waals surface area (Å²) in [6.07, 6.45) is 6.45. The van der Waals surface area contributed by atoms with Gasteiger partial charge in [-0.2, -0.15) is 0 Å². The minimum absolute atomic E-state index is 0.305. The summed E-state index contributed by atoms with van der Waals surface area (Å²) >= 11 is 1.74. The van der Waals surface area contributed by atoms with Crippen molar-refractivity contribution in [3.05, 3.63) is 16.1 Å². The molecule has 1 aromatic heterocycles. The van der Waals surface area contributed by atoms with Crippen LogP contribution >= 0.6 is 11.3 Å². The highest BCUT2D eigenvalue weighted by Gasteiger charge is 2.26. The second kappa shape index (κ2) is 10.4. The molecule has 1 aliphatic heterocycles. The highest BCUT2D eigenvalue weighted by atomic mass is 32.1. The zero-order valence-electron chi connectivity index (χ0n) is 15.7. The smallest absolute Gasteiger partial charge is 0.222 e. The minimum atomic E-state index is 0.305. The van der Waals surface area contributed by atoms with Crippen molar-refractivity contribution in [2.45, 2.75) is 58.9 Å². The van der Waals surface area contributed by atoms with Crippen LogP contribution < -0.4 is 10.6 Å². The molecule has 0 radical (unpaired) electrons. The van der Waals surface area contributed by atoms with Gasteiger partial charge in [0.1, 0.15) is 0 Å². The SMILES string of the molecule is CCNC(=NCCC(CC)N1CCCC1=O)NCCc1ncc(C)s1. The lowest BCUT2D eigenvalue weighted by Gasteiger charge is -2.26. The first-order valence-electron chi connectivity index (χ1n) is 9.37. The zero-order chi connectivity index (χ0) is 18.1. The molecule has 1 unspecified atom stereocenters. The van der Waals surface area contributed by atoms with Gasteiger partial charge in [-0.1, -0.05) is 6.92 Å². The highest BCUT2D eigenvalue weighted by molar-refractivity contribution is 7.11. The van der Waals surface area contributed by atoms with Crippen LogP contribution in [0, 0.1) is 6.92 Å². The molecule has 1 fully saturated rings. The number of carbonyl (C=O) groups excluding carboxylic acids is 1. The zero-order valence-corrected chi connectivity index (χ0v) is 16.5. The first-order valence-corrected chi connectivity index (χ1v) is 10.2. The number of aromatic nitrogens is 1. The van der Waals surface area contributed by atoms with Gasteiger partial charge in [-0.3, -0.25) is 9.79 Å². The van der Waals surface area contributed by atoms with Crippen molar-refractivity contribution in [3.8, 4) is 0 Å². The number of aryl methyl sites for hydroxylation is 1. The Morgan fingerprint density at radius 1 is 1.44 bits per heavy atom. The number of amides is 1. The van der Waals surface area contributed by atoms with Gasteiger partial charge in [-0.05, 0) is 33.1 Å². The van der Waals surface area contributed by atoms with Crippen molar-refractivity contribution in [1.82, 2.24) is 20.5 Å². The first-order chi connectivity index (χ1) is 12.1. The Balaban J connectivity index is 1.78. The van der Waals surface area contributed by atoms with Gasteiger partial charge in [0.2, 0.25) is 5.91 Å². The Kier molecular flexibility index (Phi) is 8.18. The topological polar surface area (TPSA) is 69.6 Å². The first kappa shape index (κ1) is 19.7. The Hall–Kier alpha value is -1.63. The van der Waals surface area contributed by atoms with E-state index in [1.54, 1.807) is 11.3 Å². The van der Waals surface area contributed by atoms with Gasteiger partial charge < -0.3 is 15.5 Å². The number of nitrogens with zero attached hydrogens (tertiary/aromatic N) is 3. The molecular formula is C18H31N5OS. The number of likely N-dealkylation sites (tertiary alicyclic amines) is 1. The van der Waals surface area contributed by atoms with E-state index in [0.29, 0.717) is 18.4 Å². The number of nitrogens with one attached hydrogen (secondary N) is 2. The quantitative estimate of drug-likeness (QED) is 0.521. The van der Waals surface area contributed by atoms with E-state index in [0.717, 1.165) is 62.8 Å². The molecule has 2 rings (SSSR count). The molecule has 0 aromatic carbocycles. The predicted octanol–water partition coefficient (Wildman–Crippen LogP) is 2.34. The standard InChI is InChI=1S/C18H31N5OS/c1-4-15(23-12-6-7-17(23)24)8-10-20-18(19-5-2)21-11-9-16-22-13-14(3)25-16/h13,15H,4-12H2,1-3H3,(H2,19,20,21). The Morgan fingerprint density at radius 2 is 2.28 bits per heavy atom. The van der Waals surface area contributed by atoms with E-state index in [9.17, 15) is 4.79 Å². The normalized spacial score (nSPS) is 16.4. The molecule has 1 saturated heterocycles. The van der Waals surface area contributed by atoms with Crippen LogP contribution in [0.2, 0.25) is 0 Å². The fourth-order valence-corrected chi connectivity index (χ4v) is 3.89. The van der Waals surface area contributed by atoms with Crippen LogP contribution in [0.4, 0.5) is 0 Å². The molecule has 1 aromatic rings. The summed E-state index contributed by atoms with van der Waals surface area (Å²) < 4.78 is 0. The van der Waals surface area contributed by atoms with E-state index in [4.69, 9.17) is 0 Å². The third kappa shape index (κ3) is 6.30. The molecule has 0 bridgehead atoms. The molecule has 0 spiro atoms. The Morgan fingerprint density at radius 3 is 2.88 bits per heavy atom. The average Bonchev–Trinajstić information content (AvgIpc) is 3.20. The van der Waals surface area contributed by atoms with Crippen molar-refractivity contribution >= 4 is 23.2 Å². The van der Waals surface area contributed by atoms with Gasteiger partial charge >= 0.3 is 0 Å². The molecule has 1 amide bonds. The van der Waals surface area contributed by atoms with Crippen LogP contribution in [-0.4, -0.2) is 54.0 Å². The highest BCUT2D eigenvalue weighted by Crippen LogP contribution is 2.18. The second-order valence-electron chi connectivity index (χ2n) is 6.34. The molecule has 7 heteroatoms. The molecule has 1 aliphatic rings.